The Morgan fingerprint density at radius 2 is 1.75 bits per heavy atom. The SMILES string of the molecule is CC(Nc1c(F)cc(F)cc1Br)c1cccc(F)c1F. The zero-order valence-electron chi connectivity index (χ0n) is 10.4. The fourth-order valence-electron chi connectivity index (χ4n) is 1.83. The number of nitrogens with one attached hydrogen (secondary N) is 1. The van der Waals surface area contributed by atoms with Crippen molar-refractivity contribution in [2.75, 3.05) is 5.32 Å². The van der Waals surface area contributed by atoms with Gasteiger partial charge in [0.05, 0.1) is 11.7 Å². The van der Waals surface area contributed by atoms with E-state index in [4.69, 9.17) is 0 Å². The summed E-state index contributed by atoms with van der Waals surface area (Å²) in [5.74, 6) is -3.52. The van der Waals surface area contributed by atoms with E-state index in [9.17, 15) is 17.6 Å². The van der Waals surface area contributed by atoms with Crippen molar-refractivity contribution in [3.8, 4) is 0 Å². The third-order valence-electron chi connectivity index (χ3n) is 2.82. The fourth-order valence-corrected chi connectivity index (χ4v) is 2.35. The minimum atomic E-state index is -0.994. The second kappa shape index (κ2) is 5.83. The maximum absolute atomic E-state index is 13.7. The lowest BCUT2D eigenvalue weighted by molar-refractivity contribution is 0.494. The molecule has 0 aromatic heterocycles. The number of hydrogen-bond donors (Lipinski definition) is 1. The quantitative estimate of drug-likeness (QED) is 0.754. The van der Waals surface area contributed by atoms with Gasteiger partial charge in [-0.25, -0.2) is 17.6 Å². The van der Waals surface area contributed by atoms with E-state index >= 15 is 0 Å². The van der Waals surface area contributed by atoms with Gasteiger partial charge in [0.1, 0.15) is 11.6 Å². The van der Waals surface area contributed by atoms with Crippen LogP contribution in [0.4, 0.5) is 23.2 Å². The van der Waals surface area contributed by atoms with Crippen LogP contribution in [-0.2, 0) is 0 Å². The van der Waals surface area contributed by atoms with Crippen molar-refractivity contribution in [3.05, 3.63) is 63.6 Å². The predicted octanol–water partition coefficient (Wildman–Crippen LogP) is 5.18. The van der Waals surface area contributed by atoms with Crippen LogP contribution in [0.2, 0.25) is 0 Å². The van der Waals surface area contributed by atoms with Crippen LogP contribution in [0.25, 0.3) is 0 Å². The highest BCUT2D eigenvalue weighted by Gasteiger charge is 2.17. The van der Waals surface area contributed by atoms with Gasteiger partial charge in [0.15, 0.2) is 11.6 Å². The maximum atomic E-state index is 13.7. The Morgan fingerprint density at radius 1 is 1.05 bits per heavy atom. The van der Waals surface area contributed by atoms with Crippen LogP contribution in [0, 0.1) is 23.3 Å². The first kappa shape index (κ1) is 14.8. The van der Waals surface area contributed by atoms with Gasteiger partial charge in [0.2, 0.25) is 0 Å². The van der Waals surface area contributed by atoms with Gasteiger partial charge in [-0.15, -0.1) is 0 Å². The van der Waals surface area contributed by atoms with Crippen LogP contribution in [0.1, 0.15) is 18.5 Å². The van der Waals surface area contributed by atoms with E-state index in [0.717, 1.165) is 12.1 Å². The van der Waals surface area contributed by atoms with Gasteiger partial charge in [0, 0.05) is 16.1 Å². The minimum absolute atomic E-state index is 0.0115. The molecule has 0 bridgehead atoms. The Morgan fingerprint density at radius 3 is 2.40 bits per heavy atom. The standard InChI is InChI=1S/C14H10BrF4N/c1-7(9-3-2-4-11(17)13(9)19)20-14-10(15)5-8(16)6-12(14)18/h2-7,20H,1H3. The minimum Gasteiger partial charge on any atom is -0.375 e. The molecule has 0 aliphatic rings. The van der Waals surface area contributed by atoms with Crippen LogP contribution < -0.4 is 5.32 Å². The first-order valence-electron chi connectivity index (χ1n) is 5.75. The zero-order chi connectivity index (χ0) is 14.9. The molecule has 106 valence electrons. The molecular weight excluding hydrogens is 338 g/mol. The number of halogens is 5. The molecule has 0 aliphatic heterocycles. The molecule has 2 aromatic carbocycles. The molecule has 20 heavy (non-hydrogen) atoms. The average Bonchev–Trinajstić information content (AvgIpc) is 2.36. The molecule has 0 saturated heterocycles. The molecule has 0 radical (unpaired) electrons. The van der Waals surface area contributed by atoms with Crippen molar-refractivity contribution in [2.45, 2.75) is 13.0 Å². The molecule has 1 atom stereocenters. The van der Waals surface area contributed by atoms with Crippen molar-refractivity contribution < 1.29 is 17.6 Å². The topological polar surface area (TPSA) is 12.0 Å². The second-order valence-electron chi connectivity index (χ2n) is 4.25. The van der Waals surface area contributed by atoms with E-state index in [1.54, 1.807) is 6.92 Å². The summed E-state index contributed by atoms with van der Waals surface area (Å²) in [6.07, 6.45) is 0. The fraction of sp³-hybridized carbons (Fsp3) is 0.143. The molecule has 1 N–H and O–H groups in total. The van der Waals surface area contributed by atoms with Crippen molar-refractivity contribution in [1.82, 2.24) is 0 Å². The molecule has 2 rings (SSSR count). The smallest absolute Gasteiger partial charge is 0.164 e. The molecule has 6 heteroatoms. The van der Waals surface area contributed by atoms with Crippen LogP contribution in [-0.4, -0.2) is 0 Å². The predicted molar refractivity (Wildman–Crippen MR) is 72.5 cm³/mol. The summed E-state index contributed by atoms with van der Waals surface area (Å²) in [5.41, 5.74) is 0.0446. The lowest BCUT2D eigenvalue weighted by Gasteiger charge is -2.18. The van der Waals surface area contributed by atoms with E-state index in [1.807, 2.05) is 0 Å². The molecule has 1 nitrogen and oxygen atoms in total. The van der Waals surface area contributed by atoms with Gasteiger partial charge in [-0.3, -0.25) is 0 Å². The Balaban J connectivity index is 2.33. The Kier molecular flexibility index (Phi) is 4.32. The van der Waals surface area contributed by atoms with Gasteiger partial charge < -0.3 is 5.32 Å². The Bertz CT molecular complexity index is 622. The van der Waals surface area contributed by atoms with Crippen LogP contribution in [0.3, 0.4) is 0 Å². The lowest BCUT2D eigenvalue weighted by Crippen LogP contribution is -2.11. The molecule has 2 aromatic rings. The largest absolute Gasteiger partial charge is 0.375 e. The zero-order valence-corrected chi connectivity index (χ0v) is 11.9. The maximum Gasteiger partial charge on any atom is 0.164 e. The Hall–Kier alpha value is -1.56. The van der Waals surface area contributed by atoms with E-state index in [0.29, 0.717) is 6.07 Å². The first-order chi connectivity index (χ1) is 9.40. The second-order valence-corrected chi connectivity index (χ2v) is 5.11. The van der Waals surface area contributed by atoms with E-state index in [2.05, 4.69) is 21.2 Å². The highest BCUT2D eigenvalue weighted by Crippen LogP contribution is 2.31. The molecule has 0 amide bonds. The van der Waals surface area contributed by atoms with Crippen LogP contribution >= 0.6 is 15.9 Å². The molecule has 0 spiro atoms. The third kappa shape index (κ3) is 2.95. The monoisotopic (exact) mass is 347 g/mol. The molecule has 0 aliphatic carbocycles. The number of rotatable bonds is 3. The third-order valence-corrected chi connectivity index (χ3v) is 3.44. The van der Waals surface area contributed by atoms with E-state index < -0.39 is 29.3 Å². The lowest BCUT2D eigenvalue weighted by atomic mass is 10.1. The average molecular weight is 348 g/mol. The highest BCUT2D eigenvalue weighted by molar-refractivity contribution is 9.10. The number of anilines is 1. The molecule has 0 fully saturated rings. The summed E-state index contributed by atoms with van der Waals surface area (Å²) in [7, 11) is 0. The van der Waals surface area contributed by atoms with E-state index in [-0.39, 0.29) is 15.7 Å². The van der Waals surface area contributed by atoms with Crippen LogP contribution in [0.5, 0.6) is 0 Å². The van der Waals surface area contributed by atoms with Crippen molar-refractivity contribution in [3.63, 3.8) is 0 Å². The number of hydrogen-bond acceptors (Lipinski definition) is 1. The van der Waals surface area contributed by atoms with Crippen molar-refractivity contribution in [1.29, 1.82) is 0 Å². The van der Waals surface area contributed by atoms with Crippen LogP contribution in [0.15, 0.2) is 34.8 Å². The molecule has 1 unspecified atom stereocenters. The first-order valence-corrected chi connectivity index (χ1v) is 6.54. The summed E-state index contributed by atoms with van der Waals surface area (Å²) in [5, 5.41) is 2.69. The number of benzene rings is 2. The molecule has 0 saturated carbocycles. The summed E-state index contributed by atoms with van der Waals surface area (Å²) in [4.78, 5) is 0. The van der Waals surface area contributed by atoms with Gasteiger partial charge in [-0.1, -0.05) is 12.1 Å². The van der Waals surface area contributed by atoms with E-state index in [1.165, 1.54) is 12.1 Å². The summed E-state index contributed by atoms with van der Waals surface area (Å²) in [6.45, 7) is 1.55. The summed E-state index contributed by atoms with van der Waals surface area (Å²) < 4.78 is 53.6. The van der Waals surface area contributed by atoms with Gasteiger partial charge >= 0.3 is 0 Å². The summed E-state index contributed by atoms with van der Waals surface area (Å²) >= 11 is 3.02. The summed E-state index contributed by atoms with van der Waals surface area (Å²) in [6, 6.07) is 4.86. The van der Waals surface area contributed by atoms with Gasteiger partial charge in [-0.2, -0.15) is 0 Å². The van der Waals surface area contributed by atoms with Gasteiger partial charge in [0.25, 0.3) is 0 Å². The normalized spacial score (nSPS) is 12.3. The van der Waals surface area contributed by atoms with Gasteiger partial charge in [-0.05, 0) is 35.0 Å². The molecule has 0 heterocycles. The van der Waals surface area contributed by atoms with Crippen molar-refractivity contribution >= 4 is 21.6 Å². The van der Waals surface area contributed by atoms with Crippen molar-refractivity contribution in [2.24, 2.45) is 0 Å². The Labute approximate surface area is 121 Å². The highest BCUT2D eigenvalue weighted by atomic mass is 79.9. The molecular formula is C14H10BrF4N.